The molecule has 1 rings (SSSR count). The Hall–Kier alpha value is -1.14. The van der Waals surface area contributed by atoms with Gasteiger partial charge in [0, 0.05) is 25.5 Å². The normalized spacial score (nSPS) is 13.6. The van der Waals surface area contributed by atoms with Crippen LogP contribution in [0.4, 0.5) is 13.2 Å². The molecule has 1 heterocycles. The molecule has 0 aliphatic carbocycles. The molecular formula is C11H15F3N2O. The molecule has 3 nitrogen and oxygen atoms in total. The predicted octanol–water partition coefficient (Wildman–Crippen LogP) is 2.14. The van der Waals surface area contributed by atoms with E-state index in [0.717, 1.165) is 12.5 Å². The van der Waals surface area contributed by atoms with Crippen LogP contribution < -0.4 is 5.32 Å². The van der Waals surface area contributed by atoms with E-state index in [2.05, 4.69) is 15.0 Å². The van der Waals surface area contributed by atoms with Crippen LogP contribution in [0.25, 0.3) is 0 Å². The molecule has 0 saturated heterocycles. The van der Waals surface area contributed by atoms with Crippen molar-refractivity contribution in [2.75, 3.05) is 13.2 Å². The van der Waals surface area contributed by atoms with Gasteiger partial charge in [0.2, 0.25) is 0 Å². The smallest absolute Gasteiger partial charge is 0.368 e. The summed E-state index contributed by atoms with van der Waals surface area (Å²) in [5.74, 6) is 0. The highest BCUT2D eigenvalue weighted by atomic mass is 19.4. The summed E-state index contributed by atoms with van der Waals surface area (Å²) in [5, 5.41) is 2.98. The molecule has 0 radical (unpaired) electrons. The number of hydrogen-bond donors (Lipinski definition) is 1. The third-order valence-corrected chi connectivity index (χ3v) is 2.16. The number of nitrogens with one attached hydrogen (secondary N) is 1. The fourth-order valence-electron chi connectivity index (χ4n) is 1.14. The summed E-state index contributed by atoms with van der Waals surface area (Å²) < 4.78 is 40.9. The van der Waals surface area contributed by atoms with Crippen molar-refractivity contribution < 1.29 is 17.9 Å². The molecule has 0 aromatic carbocycles. The Morgan fingerprint density at radius 3 is 2.82 bits per heavy atom. The maximum absolute atomic E-state index is 12.1. The fourth-order valence-corrected chi connectivity index (χ4v) is 1.14. The van der Waals surface area contributed by atoms with Gasteiger partial charge < -0.3 is 10.1 Å². The van der Waals surface area contributed by atoms with Crippen molar-refractivity contribution in [1.82, 2.24) is 10.3 Å². The first-order chi connectivity index (χ1) is 8.00. The summed E-state index contributed by atoms with van der Waals surface area (Å²) in [4.78, 5) is 3.92. The number of pyridine rings is 1. The molecule has 0 aliphatic rings. The Morgan fingerprint density at radius 2 is 2.24 bits per heavy atom. The minimum Gasteiger partial charge on any atom is -0.368 e. The van der Waals surface area contributed by atoms with Gasteiger partial charge in [-0.3, -0.25) is 4.98 Å². The minimum atomic E-state index is -4.29. The van der Waals surface area contributed by atoms with Gasteiger partial charge in [0.1, 0.15) is 0 Å². The van der Waals surface area contributed by atoms with Gasteiger partial charge in [-0.15, -0.1) is 0 Å². The first-order valence-electron chi connectivity index (χ1n) is 5.28. The number of alkyl halides is 3. The second kappa shape index (κ2) is 6.56. The zero-order valence-electron chi connectivity index (χ0n) is 9.50. The maximum atomic E-state index is 12.1. The molecule has 17 heavy (non-hydrogen) atoms. The van der Waals surface area contributed by atoms with Crippen molar-refractivity contribution in [3.8, 4) is 0 Å². The molecule has 0 fully saturated rings. The molecule has 1 unspecified atom stereocenters. The maximum Gasteiger partial charge on any atom is 0.414 e. The standard InChI is InChI=1S/C11H15F3N2O/c1-9(11(12,13)14)17-6-5-16-8-10-3-2-4-15-7-10/h2-4,7,9,16H,5-6,8H2,1H3. The molecule has 6 heteroatoms. The molecule has 0 bridgehead atoms. The summed E-state index contributed by atoms with van der Waals surface area (Å²) >= 11 is 0. The van der Waals surface area contributed by atoms with Crippen LogP contribution in [0.15, 0.2) is 24.5 Å². The molecule has 0 aliphatic heterocycles. The third kappa shape index (κ3) is 5.65. The second-order valence-corrected chi connectivity index (χ2v) is 3.59. The van der Waals surface area contributed by atoms with Crippen LogP contribution in [0.1, 0.15) is 12.5 Å². The van der Waals surface area contributed by atoms with Crippen molar-refractivity contribution >= 4 is 0 Å². The molecule has 1 atom stereocenters. The number of halogens is 3. The zero-order valence-corrected chi connectivity index (χ0v) is 9.50. The number of rotatable bonds is 6. The Kier molecular flexibility index (Phi) is 5.37. The lowest BCUT2D eigenvalue weighted by Gasteiger charge is -2.16. The molecular weight excluding hydrogens is 233 g/mol. The first kappa shape index (κ1) is 13.9. The van der Waals surface area contributed by atoms with Crippen LogP contribution in [0.2, 0.25) is 0 Å². The Morgan fingerprint density at radius 1 is 1.47 bits per heavy atom. The van der Waals surface area contributed by atoms with Crippen molar-refractivity contribution in [2.24, 2.45) is 0 Å². The van der Waals surface area contributed by atoms with Gasteiger partial charge in [0.25, 0.3) is 0 Å². The van der Waals surface area contributed by atoms with E-state index in [4.69, 9.17) is 0 Å². The van der Waals surface area contributed by atoms with Gasteiger partial charge in [-0.05, 0) is 18.6 Å². The quantitative estimate of drug-likeness (QED) is 0.783. The summed E-state index contributed by atoms with van der Waals surface area (Å²) in [6, 6.07) is 3.69. The highest BCUT2D eigenvalue weighted by molar-refractivity contribution is 5.07. The summed E-state index contributed by atoms with van der Waals surface area (Å²) in [5.41, 5.74) is 0.983. The Labute approximate surface area is 98.0 Å². The number of hydrogen-bond acceptors (Lipinski definition) is 3. The van der Waals surface area contributed by atoms with E-state index in [0.29, 0.717) is 13.1 Å². The number of aromatic nitrogens is 1. The summed E-state index contributed by atoms with van der Waals surface area (Å²) in [7, 11) is 0. The fraction of sp³-hybridized carbons (Fsp3) is 0.545. The topological polar surface area (TPSA) is 34.1 Å². The lowest BCUT2D eigenvalue weighted by atomic mass is 10.3. The van der Waals surface area contributed by atoms with Gasteiger partial charge in [-0.1, -0.05) is 6.07 Å². The lowest BCUT2D eigenvalue weighted by molar-refractivity contribution is -0.213. The summed E-state index contributed by atoms with van der Waals surface area (Å²) in [6.07, 6.45) is -2.64. The van der Waals surface area contributed by atoms with Gasteiger partial charge in [-0.25, -0.2) is 0 Å². The van der Waals surface area contributed by atoms with E-state index in [1.54, 1.807) is 18.5 Å². The number of ether oxygens (including phenoxy) is 1. The first-order valence-corrected chi connectivity index (χ1v) is 5.28. The molecule has 1 aromatic heterocycles. The van der Waals surface area contributed by atoms with Crippen LogP contribution in [0.3, 0.4) is 0 Å². The average Bonchev–Trinajstić information content (AvgIpc) is 2.28. The molecule has 1 aromatic rings. The predicted molar refractivity (Wildman–Crippen MR) is 57.4 cm³/mol. The van der Waals surface area contributed by atoms with Crippen molar-refractivity contribution in [2.45, 2.75) is 25.7 Å². The van der Waals surface area contributed by atoms with Crippen molar-refractivity contribution in [3.05, 3.63) is 30.1 Å². The van der Waals surface area contributed by atoms with Crippen LogP contribution in [-0.4, -0.2) is 30.4 Å². The van der Waals surface area contributed by atoms with Crippen LogP contribution >= 0.6 is 0 Å². The van der Waals surface area contributed by atoms with E-state index in [9.17, 15) is 13.2 Å². The Bertz CT molecular complexity index is 316. The van der Waals surface area contributed by atoms with Crippen LogP contribution in [0.5, 0.6) is 0 Å². The Balaban J connectivity index is 2.09. The van der Waals surface area contributed by atoms with Crippen molar-refractivity contribution in [1.29, 1.82) is 0 Å². The summed E-state index contributed by atoms with van der Waals surface area (Å²) in [6.45, 7) is 1.97. The molecule has 0 amide bonds. The lowest BCUT2D eigenvalue weighted by Crippen LogP contribution is -2.31. The monoisotopic (exact) mass is 248 g/mol. The van der Waals surface area contributed by atoms with E-state index in [1.807, 2.05) is 6.07 Å². The van der Waals surface area contributed by atoms with E-state index in [-0.39, 0.29) is 6.61 Å². The van der Waals surface area contributed by atoms with Gasteiger partial charge in [0.05, 0.1) is 6.61 Å². The van der Waals surface area contributed by atoms with Crippen molar-refractivity contribution in [3.63, 3.8) is 0 Å². The largest absolute Gasteiger partial charge is 0.414 e. The van der Waals surface area contributed by atoms with Crippen LogP contribution in [-0.2, 0) is 11.3 Å². The SMILES string of the molecule is CC(OCCNCc1cccnc1)C(F)(F)F. The minimum absolute atomic E-state index is 0.0287. The molecule has 1 N–H and O–H groups in total. The van der Waals surface area contributed by atoms with E-state index >= 15 is 0 Å². The van der Waals surface area contributed by atoms with Gasteiger partial charge in [0.15, 0.2) is 6.10 Å². The van der Waals surface area contributed by atoms with Gasteiger partial charge >= 0.3 is 6.18 Å². The molecule has 96 valence electrons. The van der Waals surface area contributed by atoms with E-state index < -0.39 is 12.3 Å². The highest BCUT2D eigenvalue weighted by Gasteiger charge is 2.36. The second-order valence-electron chi connectivity index (χ2n) is 3.59. The van der Waals surface area contributed by atoms with Gasteiger partial charge in [-0.2, -0.15) is 13.2 Å². The third-order valence-electron chi connectivity index (χ3n) is 2.16. The average molecular weight is 248 g/mol. The highest BCUT2D eigenvalue weighted by Crippen LogP contribution is 2.21. The molecule has 0 spiro atoms. The molecule has 0 saturated carbocycles. The zero-order chi connectivity index (χ0) is 12.7. The number of nitrogens with zero attached hydrogens (tertiary/aromatic N) is 1. The van der Waals surface area contributed by atoms with E-state index in [1.165, 1.54) is 0 Å². The van der Waals surface area contributed by atoms with Crippen LogP contribution in [0, 0.1) is 0 Å².